The SMILES string of the molecule is O=c1ccc2cc(C=CCCCl)ccc2[nH]1. The molecule has 1 aromatic carbocycles. The number of allylic oxidation sites excluding steroid dienone is 1. The molecule has 1 N–H and O–H groups in total. The molecule has 1 aromatic heterocycles. The van der Waals surface area contributed by atoms with E-state index in [1.807, 2.05) is 36.4 Å². The highest BCUT2D eigenvalue weighted by molar-refractivity contribution is 6.17. The number of hydrogen-bond acceptors (Lipinski definition) is 1. The van der Waals surface area contributed by atoms with E-state index in [1.165, 1.54) is 6.07 Å². The Kier molecular flexibility index (Phi) is 3.42. The van der Waals surface area contributed by atoms with E-state index < -0.39 is 0 Å². The fourth-order valence-electron chi connectivity index (χ4n) is 1.56. The highest BCUT2D eigenvalue weighted by Gasteiger charge is 1.94. The zero-order chi connectivity index (χ0) is 11.4. The van der Waals surface area contributed by atoms with E-state index in [4.69, 9.17) is 11.6 Å². The van der Waals surface area contributed by atoms with Gasteiger partial charge in [0.15, 0.2) is 0 Å². The molecule has 2 aromatic rings. The number of halogens is 1. The van der Waals surface area contributed by atoms with Crippen LogP contribution < -0.4 is 5.56 Å². The molecule has 0 radical (unpaired) electrons. The van der Waals surface area contributed by atoms with Crippen molar-refractivity contribution in [2.24, 2.45) is 0 Å². The first-order chi connectivity index (χ1) is 7.79. The van der Waals surface area contributed by atoms with E-state index in [0.717, 1.165) is 22.9 Å². The van der Waals surface area contributed by atoms with Gasteiger partial charge in [-0.1, -0.05) is 18.2 Å². The van der Waals surface area contributed by atoms with E-state index in [1.54, 1.807) is 0 Å². The fraction of sp³-hybridized carbons (Fsp3) is 0.154. The quantitative estimate of drug-likeness (QED) is 0.812. The van der Waals surface area contributed by atoms with Gasteiger partial charge >= 0.3 is 0 Å². The molecule has 0 unspecified atom stereocenters. The molecule has 0 bridgehead atoms. The summed E-state index contributed by atoms with van der Waals surface area (Å²) in [6, 6.07) is 9.29. The monoisotopic (exact) mass is 233 g/mol. The molecule has 82 valence electrons. The second-order valence-electron chi connectivity index (χ2n) is 3.55. The smallest absolute Gasteiger partial charge is 0.248 e. The van der Waals surface area contributed by atoms with Crippen molar-refractivity contribution in [3.8, 4) is 0 Å². The van der Waals surface area contributed by atoms with Gasteiger partial charge in [0.05, 0.1) is 0 Å². The van der Waals surface area contributed by atoms with Gasteiger partial charge in [-0.05, 0) is 35.6 Å². The maximum Gasteiger partial charge on any atom is 0.248 e. The van der Waals surface area contributed by atoms with E-state index >= 15 is 0 Å². The second-order valence-corrected chi connectivity index (χ2v) is 3.93. The molecular formula is C13H12ClNO. The molecule has 1 heterocycles. The number of benzene rings is 1. The van der Waals surface area contributed by atoms with Crippen LogP contribution in [0.25, 0.3) is 17.0 Å². The normalized spacial score (nSPS) is 11.3. The van der Waals surface area contributed by atoms with Crippen molar-refractivity contribution >= 4 is 28.6 Å². The molecule has 2 nitrogen and oxygen atoms in total. The first kappa shape index (κ1) is 11.0. The lowest BCUT2D eigenvalue weighted by molar-refractivity contribution is 1.24. The minimum absolute atomic E-state index is 0.0714. The Balaban J connectivity index is 2.37. The lowest BCUT2D eigenvalue weighted by atomic mass is 10.1. The van der Waals surface area contributed by atoms with Crippen molar-refractivity contribution in [1.29, 1.82) is 0 Å². The van der Waals surface area contributed by atoms with Crippen LogP contribution in [-0.4, -0.2) is 10.9 Å². The van der Waals surface area contributed by atoms with Crippen LogP contribution in [0.15, 0.2) is 41.2 Å². The van der Waals surface area contributed by atoms with Gasteiger partial charge < -0.3 is 4.98 Å². The Morgan fingerprint density at radius 1 is 1.25 bits per heavy atom. The molecule has 0 aliphatic rings. The molecule has 0 aliphatic carbocycles. The van der Waals surface area contributed by atoms with Crippen molar-refractivity contribution in [2.75, 3.05) is 5.88 Å². The summed E-state index contributed by atoms with van der Waals surface area (Å²) in [6.45, 7) is 0. The van der Waals surface area contributed by atoms with Crippen LogP contribution >= 0.6 is 11.6 Å². The minimum Gasteiger partial charge on any atom is -0.322 e. The van der Waals surface area contributed by atoms with Gasteiger partial charge in [0.25, 0.3) is 0 Å². The molecule has 16 heavy (non-hydrogen) atoms. The summed E-state index contributed by atoms with van der Waals surface area (Å²) in [5.41, 5.74) is 1.91. The third-order valence-electron chi connectivity index (χ3n) is 2.33. The van der Waals surface area contributed by atoms with Gasteiger partial charge in [-0.3, -0.25) is 4.79 Å². The number of fused-ring (bicyclic) bond motifs is 1. The van der Waals surface area contributed by atoms with Gasteiger partial charge in [0.2, 0.25) is 5.56 Å². The van der Waals surface area contributed by atoms with Crippen molar-refractivity contribution in [1.82, 2.24) is 4.98 Å². The highest BCUT2D eigenvalue weighted by Crippen LogP contribution is 2.13. The van der Waals surface area contributed by atoms with Gasteiger partial charge in [0.1, 0.15) is 0 Å². The summed E-state index contributed by atoms with van der Waals surface area (Å²) >= 11 is 5.59. The summed E-state index contributed by atoms with van der Waals surface area (Å²) in [5, 5.41) is 1.03. The Hall–Kier alpha value is -1.54. The van der Waals surface area contributed by atoms with E-state index in [2.05, 4.69) is 4.98 Å². The van der Waals surface area contributed by atoms with Gasteiger partial charge in [-0.15, -0.1) is 11.6 Å². The van der Waals surface area contributed by atoms with E-state index in [-0.39, 0.29) is 5.56 Å². The first-order valence-corrected chi connectivity index (χ1v) is 5.68. The predicted molar refractivity (Wildman–Crippen MR) is 68.9 cm³/mol. The van der Waals surface area contributed by atoms with Crippen molar-refractivity contribution < 1.29 is 0 Å². The van der Waals surface area contributed by atoms with Crippen LogP contribution in [0.5, 0.6) is 0 Å². The molecule has 0 atom stereocenters. The zero-order valence-electron chi connectivity index (χ0n) is 8.74. The summed E-state index contributed by atoms with van der Waals surface area (Å²) in [6.07, 6.45) is 4.94. The summed E-state index contributed by atoms with van der Waals surface area (Å²) in [5.74, 6) is 0.636. The third-order valence-corrected chi connectivity index (χ3v) is 2.55. The average molecular weight is 234 g/mol. The topological polar surface area (TPSA) is 32.9 Å². The number of aromatic nitrogens is 1. The number of nitrogens with one attached hydrogen (secondary N) is 1. The van der Waals surface area contributed by atoms with Crippen molar-refractivity contribution in [3.63, 3.8) is 0 Å². The summed E-state index contributed by atoms with van der Waals surface area (Å²) < 4.78 is 0. The Bertz CT molecular complexity index is 571. The number of pyridine rings is 1. The van der Waals surface area contributed by atoms with E-state index in [9.17, 15) is 4.79 Å². The van der Waals surface area contributed by atoms with Crippen LogP contribution in [0.3, 0.4) is 0 Å². The fourth-order valence-corrected chi connectivity index (χ4v) is 1.68. The second kappa shape index (κ2) is 4.99. The molecule has 2 rings (SSSR count). The van der Waals surface area contributed by atoms with E-state index in [0.29, 0.717) is 5.88 Å². The molecule has 3 heteroatoms. The Labute approximate surface area is 98.6 Å². The molecular weight excluding hydrogens is 222 g/mol. The maximum atomic E-state index is 11.1. The standard InChI is InChI=1S/C13H12ClNO/c14-8-2-1-3-10-4-6-12-11(9-10)5-7-13(16)15-12/h1,3-7,9H,2,8H2,(H,15,16). The molecule has 0 spiro atoms. The minimum atomic E-state index is -0.0714. The third kappa shape index (κ3) is 2.52. The molecule has 0 amide bonds. The number of hydrogen-bond donors (Lipinski definition) is 1. The Morgan fingerprint density at radius 2 is 2.12 bits per heavy atom. The molecule has 0 fully saturated rings. The summed E-state index contributed by atoms with van der Waals surface area (Å²) in [7, 11) is 0. The van der Waals surface area contributed by atoms with Crippen LogP contribution in [0.4, 0.5) is 0 Å². The number of aromatic amines is 1. The zero-order valence-corrected chi connectivity index (χ0v) is 9.50. The van der Waals surface area contributed by atoms with Crippen LogP contribution in [0, 0.1) is 0 Å². The maximum absolute atomic E-state index is 11.1. The van der Waals surface area contributed by atoms with Crippen molar-refractivity contribution in [3.05, 3.63) is 52.3 Å². The van der Waals surface area contributed by atoms with Gasteiger partial charge in [0, 0.05) is 17.5 Å². The lowest BCUT2D eigenvalue weighted by Gasteiger charge is -1.98. The van der Waals surface area contributed by atoms with Crippen molar-refractivity contribution in [2.45, 2.75) is 6.42 Å². The van der Waals surface area contributed by atoms with Crippen LogP contribution in [-0.2, 0) is 0 Å². The van der Waals surface area contributed by atoms with Gasteiger partial charge in [-0.25, -0.2) is 0 Å². The predicted octanol–water partition coefficient (Wildman–Crippen LogP) is 3.17. The Morgan fingerprint density at radius 3 is 2.94 bits per heavy atom. The van der Waals surface area contributed by atoms with Gasteiger partial charge in [-0.2, -0.15) is 0 Å². The van der Waals surface area contributed by atoms with Crippen LogP contribution in [0.2, 0.25) is 0 Å². The molecule has 0 saturated carbocycles. The van der Waals surface area contributed by atoms with Crippen LogP contribution in [0.1, 0.15) is 12.0 Å². The summed E-state index contributed by atoms with van der Waals surface area (Å²) in [4.78, 5) is 13.9. The molecule has 0 saturated heterocycles. The molecule has 0 aliphatic heterocycles. The lowest BCUT2D eigenvalue weighted by Crippen LogP contribution is -2.01. The average Bonchev–Trinajstić information content (AvgIpc) is 2.29. The number of rotatable bonds is 3. The number of H-pyrrole nitrogens is 1. The largest absolute Gasteiger partial charge is 0.322 e. The highest BCUT2D eigenvalue weighted by atomic mass is 35.5. The number of alkyl halides is 1. The first-order valence-electron chi connectivity index (χ1n) is 5.15.